The minimum atomic E-state index is -0.220. The molecule has 2 aromatic heterocycles. The number of ether oxygens (including phenoxy) is 4. The van der Waals surface area contributed by atoms with Crippen molar-refractivity contribution < 1.29 is 28.2 Å². The van der Waals surface area contributed by atoms with Crippen molar-refractivity contribution in [1.82, 2.24) is 9.55 Å². The van der Waals surface area contributed by atoms with Crippen molar-refractivity contribution in [2.24, 2.45) is 0 Å². The summed E-state index contributed by atoms with van der Waals surface area (Å²) < 4.78 is 25.1. The van der Waals surface area contributed by atoms with E-state index in [9.17, 15) is 4.79 Å². The number of fused-ring (bicyclic) bond motifs is 3. The second-order valence-corrected chi connectivity index (χ2v) is 10.7. The summed E-state index contributed by atoms with van der Waals surface area (Å²) in [5, 5.41) is 1.32. The number of pyridine rings is 1. The van der Waals surface area contributed by atoms with Crippen LogP contribution >= 0.6 is 0 Å². The molecule has 3 heterocycles. The zero-order valence-electron chi connectivity index (χ0n) is 24.0. The Hall–Kier alpha value is -2.78. The van der Waals surface area contributed by atoms with E-state index < -0.39 is 0 Å². The van der Waals surface area contributed by atoms with Crippen molar-refractivity contribution in [2.75, 3.05) is 60.0 Å². The number of likely N-dealkylation sites (N-methyl/N-ethyl adjacent to an activating group) is 1. The van der Waals surface area contributed by atoms with Gasteiger partial charge in [-0.05, 0) is 51.0 Å². The highest BCUT2D eigenvalue weighted by Gasteiger charge is 2.34. The first-order valence-corrected chi connectivity index (χ1v) is 14.1. The number of quaternary nitrogens is 1. The molecule has 0 N–H and O–H groups in total. The minimum absolute atomic E-state index is 0.220. The fourth-order valence-electron chi connectivity index (χ4n) is 5.18. The van der Waals surface area contributed by atoms with Gasteiger partial charge in [0.25, 0.3) is 0 Å². The fraction of sp³-hybridized carbons (Fsp3) is 0.548. The van der Waals surface area contributed by atoms with Crippen LogP contribution in [0.1, 0.15) is 41.4 Å². The van der Waals surface area contributed by atoms with Gasteiger partial charge in [-0.25, -0.2) is 0 Å². The summed E-state index contributed by atoms with van der Waals surface area (Å²) in [6.45, 7) is 12.3. The average molecular weight is 539 g/mol. The van der Waals surface area contributed by atoms with E-state index in [-0.39, 0.29) is 12.4 Å². The van der Waals surface area contributed by atoms with Crippen LogP contribution in [-0.2, 0) is 49.7 Å². The van der Waals surface area contributed by atoms with Crippen LogP contribution in [0.3, 0.4) is 0 Å². The van der Waals surface area contributed by atoms with E-state index in [4.69, 9.17) is 18.9 Å². The summed E-state index contributed by atoms with van der Waals surface area (Å²) in [6, 6.07) is 11.0. The second-order valence-electron chi connectivity index (χ2n) is 10.7. The summed E-state index contributed by atoms with van der Waals surface area (Å²) in [7, 11) is 2.18. The smallest absolute Gasteiger partial charge is 0.312 e. The maximum absolute atomic E-state index is 12.4. The van der Waals surface area contributed by atoms with E-state index >= 15 is 0 Å². The lowest BCUT2D eigenvalue weighted by Crippen LogP contribution is -2.49. The molecule has 8 heteroatoms. The van der Waals surface area contributed by atoms with Crippen molar-refractivity contribution >= 4 is 16.9 Å². The van der Waals surface area contributed by atoms with Crippen molar-refractivity contribution in [3.05, 3.63) is 64.6 Å². The summed E-state index contributed by atoms with van der Waals surface area (Å²) >= 11 is 0. The third-order valence-electron chi connectivity index (χ3n) is 7.40. The SMILES string of the molecule is CCOCCOCCOCCC(=O)OC[N+]1(C)CCc2c(c3cc(C)ccc3n2CCc2ccc(C)nc2)C1. The largest absolute Gasteiger partial charge is 0.415 e. The number of carbonyl (C=O) groups is 1. The molecule has 0 saturated heterocycles. The van der Waals surface area contributed by atoms with E-state index in [1.807, 2.05) is 20.0 Å². The van der Waals surface area contributed by atoms with E-state index in [0.29, 0.717) is 50.9 Å². The third-order valence-corrected chi connectivity index (χ3v) is 7.40. The quantitative estimate of drug-likeness (QED) is 0.163. The molecule has 1 aromatic carbocycles. The van der Waals surface area contributed by atoms with Crippen LogP contribution in [-0.4, -0.2) is 80.0 Å². The van der Waals surface area contributed by atoms with Crippen molar-refractivity contribution in [3.8, 4) is 0 Å². The van der Waals surface area contributed by atoms with Gasteiger partial charge >= 0.3 is 5.97 Å². The Bertz CT molecular complexity index is 1220. The number of benzene rings is 1. The number of aromatic nitrogens is 2. The standard InChI is InChI=1S/C31H44N3O5/c1-5-36-16-17-38-19-18-37-15-12-31(35)39-23-34(4)14-11-30-28(22-34)27-20-24(2)6-9-29(27)33(30)13-10-26-8-7-25(3)32-21-26/h6-9,20-21H,5,10-19,22-23H2,1-4H3/q+1. The highest BCUT2D eigenvalue weighted by molar-refractivity contribution is 5.86. The van der Waals surface area contributed by atoms with Crippen LogP contribution in [0, 0.1) is 13.8 Å². The zero-order valence-corrected chi connectivity index (χ0v) is 24.0. The molecule has 0 fully saturated rings. The molecule has 0 aliphatic carbocycles. The normalized spacial score (nSPS) is 16.9. The summed E-state index contributed by atoms with van der Waals surface area (Å²) in [4.78, 5) is 16.9. The van der Waals surface area contributed by atoms with Crippen LogP contribution in [0.5, 0.6) is 0 Å². The van der Waals surface area contributed by atoms with Gasteiger partial charge in [0.15, 0.2) is 0 Å². The predicted molar refractivity (Wildman–Crippen MR) is 152 cm³/mol. The van der Waals surface area contributed by atoms with Crippen LogP contribution in [0.2, 0.25) is 0 Å². The minimum Gasteiger partial charge on any atom is -0.415 e. The molecule has 39 heavy (non-hydrogen) atoms. The van der Waals surface area contributed by atoms with Gasteiger partial charge in [-0.15, -0.1) is 0 Å². The number of hydrogen-bond acceptors (Lipinski definition) is 6. The number of nitrogens with zero attached hydrogens (tertiary/aromatic N) is 3. The van der Waals surface area contributed by atoms with Crippen LogP contribution < -0.4 is 0 Å². The van der Waals surface area contributed by atoms with Crippen molar-refractivity contribution in [3.63, 3.8) is 0 Å². The van der Waals surface area contributed by atoms with E-state index in [1.165, 1.54) is 33.3 Å². The van der Waals surface area contributed by atoms with Gasteiger partial charge in [-0.1, -0.05) is 17.7 Å². The number of hydrogen-bond donors (Lipinski definition) is 0. The summed E-state index contributed by atoms with van der Waals surface area (Å²) in [6.07, 6.45) is 4.14. The van der Waals surface area contributed by atoms with Crippen molar-refractivity contribution in [2.45, 2.75) is 53.1 Å². The predicted octanol–water partition coefficient (Wildman–Crippen LogP) is 4.36. The summed E-state index contributed by atoms with van der Waals surface area (Å²) in [5.74, 6) is -0.220. The van der Waals surface area contributed by atoms with Gasteiger partial charge < -0.3 is 23.5 Å². The first-order valence-electron chi connectivity index (χ1n) is 14.1. The molecule has 0 bridgehead atoms. The third kappa shape index (κ3) is 8.11. The number of rotatable bonds is 15. The Morgan fingerprint density at radius 1 is 1.03 bits per heavy atom. The molecule has 4 rings (SSSR count). The van der Waals surface area contributed by atoms with Gasteiger partial charge in [0.05, 0.1) is 53.0 Å². The first-order chi connectivity index (χ1) is 18.9. The number of carbonyl (C=O) groups excluding carboxylic acids is 1. The van der Waals surface area contributed by atoms with E-state index in [2.05, 4.69) is 53.9 Å². The Kier molecular flexibility index (Phi) is 10.5. The molecule has 0 amide bonds. The number of aryl methyl sites for hydroxylation is 4. The Labute approximate surface area is 232 Å². The topological polar surface area (TPSA) is 71.8 Å². The van der Waals surface area contributed by atoms with Crippen LogP contribution in [0.4, 0.5) is 0 Å². The monoisotopic (exact) mass is 538 g/mol. The van der Waals surface area contributed by atoms with E-state index in [0.717, 1.165) is 38.2 Å². The van der Waals surface area contributed by atoms with Crippen LogP contribution in [0.15, 0.2) is 36.5 Å². The molecule has 0 radical (unpaired) electrons. The molecule has 3 aromatic rings. The summed E-state index contributed by atoms with van der Waals surface area (Å²) in [5.41, 5.74) is 7.64. The van der Waals surface area contributed by atoms with Gasteiger partial charge in [0.2, 0.25) is 6.73 Å². The highest BCUT2D eigenvalue weighted by atomic mass is 16.6. The zero-order chi connectivity index (χ0) is 27.7. The van der Waals surface area contributed by atoms with Crippen LogP contribution in [0.25, 0.3) is 10.9 Å². The van der Waals surface area contributed by atoms with Gasteiger partial charge in [0, 0.05) is 53.6 Å². The lowest BCUT2D eigenvalue weighted by atomic mass is 10.0. The molecule has 1 unspecified atom stereocenters. The number of esters is 1. The molecule has 1 aliphatic heterocycles. The molecular weight excluding hydrogens is 494 g/mol. The van der Waals surface area contributed by atoms with Crippen molar-refractivity contribution in [1.29, 1.82) is 0 Å². The van der Waals surface area contributed by atoms with Gasteiger partial charge in [-0.2, -0.15) is 0 Å². The highest BCUT2D eigenvalue weighted by Crippen LogP contribution is 2.34. The Balaban J connectivity index is 1.31. The lowest BCUT2D eigenvalue weighted by molar-refractivity contribution is -0.940. The lowest BCUT2D eigenvalue weighted by Gasteiger charge is -2.37. The molecule has 1 atom stereocenters. The van der Waals surface area contributed by atoms with E-state index in [1.54, 1.807) is 0 Å². The van der Waals surface area contributed by atoms with Gasteiger partial charge in [-0.3, -0.25) is 14.3 Å². The molecule has 212 valence electrons. The van der Waals surface area contributed by atoms with Gasteiger partial charge in [0.1, 0.15) is 6.54 Å². The molecule has 1 aliphatic rings. The molecule has 0 spiro atoms. The second kappa shape index (κ2) is 14.0. The fourth-order valence-corrected chi connectivity index (χ4v) is 5.18. The Morgan fingerprint density at radius 2 is 1.79 bits per heavy atom. The molecular formula is C31H44N3O5+. The first kappa shape index (κ1) is 29.2. The maximum atomic E-state index is 12.4. The molecule has 8 nitrogen and oxygen atoms in total. The average Bonchev–Trinajstić information content (AvgIpc) is 3.22. The maximum Gasteiger partial charge on any atom is 0.312 e. The molecule has 0 saturated carbocycles. The Morgan fingerprint density at radius 3 is 2.54 bits per heavy atom.